The Morgan fingerprint density at radius 2 is 1.70 bits per heavy atom. The van der Waals surface area contributed by atoms with Crippen molar-refractivity contribution in [3.05, 3.63) is 101 Å². The Bertz CT molecular complexity index is 1100. The van der Waals surface area contributed by atoms with Crippen molar-refractivity contribution in [2.45, 2.75) is 13.3 Å². The lowest BCUT2D eigenvalue weighted by molar-refractivity contribution is -0.112. The quantitative estimate of drug-likeness (QED) is 0.429. The van der Waals surface area contributed by atoms with Crippen LogP contribution in [0.3, 0.4) is 0 Å². The fourth-order valence-electron chi connectivity index (χ4n) is 2.99. The highest BCUT2D eigenvalue weighted by Crippen LogP contribution is 2.20. The summed E-state index contributed by atoms with van der Waals surface area (Å²) in [4.78, 5) is 12.6. The summed E-state index contributed by atoms with van der Waals surface area (Å²) in [7, 11) is 0. The van der Waals surface area contributed by atoms with Gasteiger partial charge in [-0.15, -0.1) is 0 Å². The van der Waals surface area contributed by atoms with Crippen molar-refractivity contribution in [1.29, 1.82) is 5.26 Å². The number of rotatable bonds is 7. The Morgan fingerprint density at radius 1 is 1.03 bits per heavy atom. The summed E-state index contributed by atoms with van der Waals surface area (Å²) in [5, 5.41) is 12.2. The van der Waals surface area contributed by atoms with E-state index in [9.17, 15) is 14.4 Å². The van der Waals surface area contributed by atoms with Crippen molar-refractivity contribution in [1.82, 2.24) is 0 Å². The monoisotopic (exact) mass is 400 g/mol. The molecule has 0 bridgehead atoms. The molecule has 0 aromatic heterocycles. The highest BCUT2D eigenvalue weighted by molar-refractivity contribution is 6.09. The van der Waals surface area contributed by atoms with Crippen LogP contribution in [0, 0.1) is 17.1 Å². The summed E-state index contributed by atoms with van der Waals surface area (Å²) >= 11 is 0. The zero-order chi connectivity index (χ0) is 21.3. The maximum atomic E-state index is 14.0. The Labute approximate surface area is 175 Å². The normalized spacial score (nSPS) is 10.9. The molecular weight excluding hydrogens is 379 g/mol. The van der Waals surface area contributed by atoms with Crippen molar-refractivity contribution in [3.63, 3.8) is 0 Å². The summed E-state index contributed by atoms with van der Waals surface area (Å²) < 4.78 is 19.4. The van der Waals surface area contributed by atoms with E-state index >= 15 is 0 Å². The maximum absolute atomic E-state index is 14.0. The molecule has 4 nitrogen and oxygen atoms in total. The van der Waals surface area contributed by atoms with Gasteiger partial charge in [0.25, 0.3) is 5.91 Å². The van der Waals surface area contributed by atoms with E-state index in [1.165, 1.54) is 12.1 Å². The van der Waals surface area contributed by atoms with Crippen LogP contribution in [0.1, 0.15) is 23.6 Å². The molecule has 0 heterocycles. The lowest BCUT2D eigenvalue weighted by atomic mass is 9.98. The molecule has 5 heteroatoms. The molecule has 1 amide bonds. The highest BCUT2D eigenvalue weighted by Gasteiger charge is 2.12. The topological polar surface area (TPSA) is 62.1 Å². The zero-order valence-electron chi connectivity index (χ0n) is 16.6. The van der Waals surface area contributed by atoms with E-state index in [0.29, 0.717) is 35.6 Å². The second-order valence-electron chi connectivity index (χ2n) is 6.55. The number of hydrogen-bond donors (Lipinski definition) is 1. The van der Waals surface area contributed by atoms with Crippen LogP contribution in [0.4, 0.5) is 10.1 Å². The van der Waals surface area contributed by atoms with Crippen molar-refractivity contribution in [3.8, 4) is 11.8 Å². The van der Waals surface area contributed by atoms with Gasteiger partial charge in [0.2, 0.25) is 0 Å². The molecule has 0 atom stereocenters. The fourth-order valence-corrected chi connectivity index (χ4v) is 2.99. The summed E-state index contributed by atoms with van der Waals surface area (Å²) in [6, 6.07) is 22.8. The van der Waals surface area contributed by atoms with Gasteiger partial charge in [-0.1, -0.05) is 42.5 Å². The minimum absolute atomic E-state index is 0.0372. The number of halogens is 1. The first kappa shape index (κ1) is 20.8. The van der Waals surface area contributed by atoms with E-state index in [1.54, 1.807) is 48.5 Å². The molecule has 0 aliphatic heterocycles. The second-order valence-corrected chi connectivity index (χ2v) is 6.55. The lowest BCUT2D eigenvalue weighted by Gasteiger charge is -2.09. The molecule has 0 aliphatic rings. The van der Waals surface area contributed by atoms with Gasteiger partial charge in [0.15, 0.2) is 0 Å². The van der Waals surface area contributed by atoms with Crippen molar-refractivity contribution < 1.29 is 13.9 Å². The van der Waals surface area contributed by atoms with E-state index in [-0.39, 0.29) is 11.4 Å². The van der Waals surface area contributed by atoms with E-state index in [2.05, 4.69) is 5.32 Å². The third kappa shape index (κ3) is 5.33. The summed E-state index contributed by atoms with van der Waals surface area (Å²) in [5.41, 5.74) is 2.59. The number of nitriles is 1. The summed E-state index contributed by atoms with van der Waals surface area (Å²) in [6.45, 7) is 2.45. The van der Waals surface area contributed by atoms with Gasteiger partial charge < -0.3 is 10.1 Å². The molecule has 30 heavy (non-hydrogen) atoms. The standard InChI is InChI=1S/C25H21FN2O2/c1-2-30-23-13-11-22(12-14-23)28-25(29)21(17-27)16-19-8-4-3-7-18(19)15-20-9-5-6-10-24(20)26/h3-14,16H,2,15H2,1H3,(H,28,29)/b21-16+. The van der Waals surface area contributed by atoms with E-state index in [4.69, 9.17) is 4.74 Å². The molecule has 0 saturated carbocycles. The number of nitrogens with one attached hydrogen (secondary N) is 1. The third-order valence-corrected chi connectivity index (χ3v) is 4.48. The van der Waals surface area contributed by atoms with Crippen LogP contribution in [0.15, 0.2) is 78.4 Å². The third-order valence-electron chi connectivity index (χ3n) is 4.48. The van der Waals surface area contributed by atoms with Gasteiger partial charge in [0.05, 0.1) is 6.61 Å². The van der Waals surface area contributed by atoms with Gasteiger partial charge in [-0.25, -0.2) is 4.39 Å². The molecule has 0 spiro atoms. The van der Waals surface area contributed by atoms with Gasteiger partial charge >= 0.3 is 0 Å². The Balaban J connectivity index is 1.81. The smallest absolute Gasteiger partial charge is 0.266 e. The van der Waals surface area contributed by atoms with Crippen LogP contribution in [-0.4, -0.2) is 12.5 Å². The van der Waals surface area contributed by atoms with Gasteiger partial charge in [-0.3, -0.25) is 4.79 Å². The van der Waals surface area contributed by atoms with Crippen molar-refractivity contribution >= 4 is 17.7 Å². The Hall–Kier alpha value is -3.91. The van der Waals surface area contributed by atoms with Gasteiger partial charge in [0, 0.05) is 12.1 Å². The molecule has 150 valence electrons. The van der Waals surface area contributed by atoms with Crippen molar-refractivity contribution in [2.24, 2.45) is 0 Å². The van der Waals surface area contributed by atoms with E-state index in [1.807, 2.05) is 31.2 Å². The number of benzene rings is 3. The predicted octanol–water partition coefficient (Wildman–Crippen LogP) is 5.36. The largest absolute Gasteiger partial charge is 0.494 e. The van der Waals surface area contributed by atoms with Gasteiger partial charge in [0.1, 0.15) is 23.2 Å². The molecule has 0 aliphatic carbocycles. The lowest BCUT2D eigenvalue weighted by Crippen LogP contribution is -2.13. The molecule has 3 aromatic rings. The average molecular weight is 400 g/mol. The summed E-state index contributed by atoms with van der Waals surface area (Å²) in [5.74, 6) is -0.0963. The van der Waals surface area contributed by atoms with E-state index < -0.39 is 5.91 Å². The Kier molecular flexibility index (Phi) is 6.96. The van der Waals surface area contributed by atoms with Crippen LogP contribution >= 0.6 is 0 Å². The molecule has 1 N–H and O–H groups in total. The maximum Gasteiger partial charge on any atom is 0.266 e. The number of carbonyl (C=O) groups excluding carboxylic acids is 1. The molecular formula is C25H21FN2O2. The minimum atomic E-state index is -0.512. The summed E-state index contributed by atoms with van der Waals surface area (Å²) in [6.07, 6.45) is 1.89. The molecule has 0 unspecified atom stereocenters. The zero-order valence-corrected chi connectivity index (χ0v) is 16.6. The molecule has 3 aromatic carbocycles. The van der Waals surface area contributed by atoms with Crippen LogP contribution in [0.2, 0.25) is 0 Å². The fraction of sp³-hybridized carbons (Fsp3) is 0.120. The molecule has 0 saturated heterocycles. The number of ether oxygens (including phenoxy) is 1. The SMILES string of the molecule is CCOc1ccc(NC(=O)/C(C#N)=C/c2ccccc2Cc2ccccc2F)cc1. The number of amides is 1. The first-order chi connectivity index (χ1) is 14.6. The first-order valence-corrected chi connectivity index (χ1v) is 9.58. The van der Waals surface area contributed by atoms with Gasteiger partial charge in [-0.2, -0.15) is 5.26 Å². The van der Waals surface area contributed by atoms with Crippen LogP contribution < -0.4 is 10.1 Å². The number of carbonyl (C=O) groups is 1. The van der Waals surface area contributed by atoms with E-state index in [0.717, 1.165) is 5.56 Å². The minimum Gasteiger partial charge on any atom is -0.494 e. The van der Waals surface area contributed by atoms with Crippen molar-refractivity contribution in [2.75, 3.05) is 11.9 Å². The average Bonchev–Trinajstić information content (AvgIpc) is 2.76. The number of anilines is 1. The molecule has 0 fully saturated rings. The Morgan fingerprint density at radius 3 is 2.37 bits per heavy atom. The number of hydrogen-bond acceptors (Lipinski definition) is 3. The van der Waals surface area contributed by atoms with Gasteiger partial charge in [-0.05, 0) is 60.0 Å². The second kappa shape index (κ2) is 10.0. The van der Waals surface area contributed by atoms with Crippen LogP contribution in [0.25, 0.3) is 6.08 Å². The van der Waals surface area contributed by atoms with Crippen LogP contribution in [-0.2, 0) is 11.2 Å². The first-order valence-electron chi connectivity index (χ1n) is 9.58. The molecule has 0 radical (unpaired) electrons. The highest BCUT2D eigenvalue weighted by atomic mass is 19.1. The van der Waals surface area contributed by atoms with Crippen LogP contribution in [0.5, 0.6) is 5.75 Å². The molecule has 3 rings (SSSR count). The number of nitrogens with zero attached hydrogens (tertiary/aromatic N) is 1. The predicted molar refractivity (Wildman–Crippen MR) is 115 cm³/mol.